The monoisotopic (exact) mass is 1700 g/mol. The first-order valence-corrected chi connectivity index (χ1v) is 46.6. The molecular formula is C108H161N13S2. The van der Waals surface area contributed by atoms with E-state index in [4.69, 9.17) is 0 Å². The summed E-state index contributed by atoms with van der Waals surface area (Å²) in [4.78, 5) is 30.1. The van der Waals surface area contributed by atoms with Crippen molar-refractivity contribution in [2.75, 3.05) is 0 Å². The second-order valence-electron chi connectivity index (χ2n) is 33.8. The molecule has 6 N–H and O–H groups in total. The van der Waals surface area contributed by atoms with Gasteiger partial charge in [-0.05, 0) is 166 Å². The van der Waals surface area contributed by atoms with Crippen LogP contribution in [-0.4, -0.2) is 71.1 Å². The largest absolute Gasteiger partial charge is 0.310 e. The number of benzene rings is 4. The maximum atomic E-state index is 4.19. The minimum atomic E-state index is 0.525. The molecule has 0 aliphatic carbocycles. The van der Waals surface area contributed by atoms with Gasteiger partial charge in [0, 0.05) is 160 Å². The Morgan fingerprint density at radius 3 is 0.959 bits per heavy atom. The van der Waals surface area contributed by atoms with Crippen molar-refractivity contribution in [1.29, 1.82) is 0 Å². The second-order valence-corrected chi connectivity index (χ2v) is 35.8. The third kappa shape index (κ3) is 68.9. The first kappa shape index (κ1) is 112. The van der Waals surface area contributed by atoms with Gasteiger partial charge < -0.3 is 31.9 Å². The number of aryl methyl sites for hydroxylation is 2. The van der Waals surface area contributed by atoms with Gasteiger partial charge in [-0.15, -0.1) is 22.7 Å². The van der Waals surface area contributed by atoms with Crippen molar-refractivity contribution in [2.45, 2.75) is 297 Å². The van der Waals surface area contributed by atoms with E-state index in [0.29, 0.717) is 59.9 Å². The van der Waals surface area contributed by atoms with Gasteiger partial charge in [0.05, 0.1) is 5.69 Å². The average molecular weight is 1710 g/mol. The number of nitrogens with one attached hydrogen (secondary N) is 6. The van der Waals surface area contributed by atoms with E-state index < -0.39 is 0 Å². The van der Waals surface area contributed by atoms with Crippen molar-refractivity contribution in [3.63, 3.8) is 0 Å². The molecule has 0 aliphatic rings. The van der Waals surface area contributed by atoms with E-state index in [9.17, 15) is 0 Å². The van der Waals surface area contributed by atoms with Crippen LogP contribution in [-0.2, 0) is 52.1 Å². The fourth-order valence-corrected chi connectivity index (χ4v) is 11.4. The summed E-state index contributed by atoms with van der Waals surface area (Å²) in [5.41, 5.74) is 13.0. The van der Waals surface area contributed by atoms with Gasteiger partial charge in [0.2, 0.25) is 0 Å². The highest BCUT2D eigenvalue weighted by Gasteiger charge is 2.03. The third-order valence-corrected chi connectivity index (χ3v) is 19.3. The molecule has 15 heteroatoms. The van der Waals surface area contributed by atoms with Crippen LogP contribution in [0, 0.1) is 11.8 Å². The quantitative estimate of drug-likeness (QED) is 0.0263. The number of hydrogen-bond donors (Lipinski definition) is 6. The van der Waals surface area contributed by atoms with E-state index in [0.717, 1.165) is 73.9 Å². The molecule has 0 amide bonds. The number of rotatable bonds is 29. The van der Waals surface area contributed by atoms with Gasteiger partial charge in [-0.25, -0.2) is 4.98 Å². The minimum absolute atomic E-state index is 0.525. The summed E-state index contributed by atoms with van der Waals surface area (Å²) in [5.74, 6) is 4.07. The number of pyridine rings is 6. The maximum absolute atomic E-state index is 4.19. The van der Waals surface area contributed by atoms with Crippen molar-refractivity contribution in [3.8, 4) is 0 Å². The highest BCUT2D eigenvalue weighted by molar-refractivity contribution is 7.10. The molecule has 8 heterocycles. The highest BCUT2D eigenvalue weighted by atomic mass is 32.1. The Bertz CT molecular complexity index is 3630. The average Bonchev–Trinajstić information content (AvgIpc) is 1.92. The Balaban J connectivity index is 0.000000672. The standard InChI is InChI=1S/C11H17N.3C10H15N.2C9H14N2.2C9H12.C8H13NS.2C8H11N.C7H12N2S/c1-10(2)5-3-6-11-7-4-8-12-9-11;1-9(2)5-6-10-4-3-7-11-8-10;2*1-9(2)11-8-10-6-4-3-5-7-10;1-8(2)11-7-9-4-3-5-10-6-9;1-8(2)11-7-9-5-3-4-6-10-9;2*1-8(2)9-6-4-3-5-7-9;1-7(2)9-6-8-4-3-5-10-8;1-7(2)8-4-3-5-9-6-8;1-7(2)8-5-3-4-6-9-8;1-6(2)9-5-7-8-3-4-10-7/h4,7-10H,3,5-6H2,1-2H3;3-4,7-9H,5-6H2,1-2H3;2*3-7,9,11H,8H2,1-2H3;2*3-6,8,11H,7H2,1-2H3;2*3-8H,1-2H3;3-5,7,9H,6H2,1-2H3;2*3-7H,1-2H3;3-4,6,9H,5H2,1-2H3. The van der Waals surface area contributed by atoms with Crippen molar-refractivity contribution in [2.24, 2.45) is 11.8 Å². The first-order valence-electron chi connectivity index (χ1n) is 44.9. The van der Waals surface area contributed by atoms with Crippen LogP contribution < -0.4 is 31.9 Å². The molecule has 0 atom stereocenters. The number of aromatic nitrogens is 7. The zero-order chi connectivity index (χ0) is 90.9. The Morgan fingerprint density at radius 1 is 0.252 bits per heavy atom. The maximum Gasteiger partial charge on any atom is 0.106 e. The summed E-state index contributed by atoms with van der Waals surface area (Å²) in [6, 6.07) is 77.8. The topological polar surface area (TPSA) is 162 Å². The Hall–Kier alpha value is -9.13. The lowest BCUT2D eigenvalue weighted by molar-refractivity contribution is 0.555. The fraction of sp³-hybridized carbons (Fsp3) is 0.435. The van der Waals surface area contributed by atoms with E-state index in [1.807, 2.05) is 146 Å². The second kappa shape index (κ2) is 74.3. The van der Waals surface area contributed by atoms with Crippen LogP contribution in [0.25, 0.3) is 0 Å². The van der Waals surface area contributed by atoms with Crippen LogP contribution >= 0.6 is 22.7 Å². The van der Waals surface area contributed by atoms with Crippen LogP contribution in [0.5, 0.6) is 0 Å². The SMILES string of the molecule is CC(C)CCCc1cccnc1.CC(C)CCc1cccnc1.CC(C)NCc1ccccc1.CC(C)NCc1ccccc1.CC(C)NCc1ccccn1.CC(C)NCc1cccnc1.CC(C)NCc1cccs1.CC(C)NCc1nccs1.CC(C)c1ccccc1.CC(C)c1ccccc1.CC(C)c1ccccn1.CC(C)c1cccnc1. The Kier molecular flexibility index (Phi) is 67.6. The molecule has 0 aliphatic heterocycles. The summed E-state index contributed by atoms with van der Waals surface area (Å²) in [6.45, 7) is 57.8. The van der Waals surface area contributed by atoms with Crippen LogP contribution in [0.15, 0.2) is 297 Å². The zero-order valence-electron chi connectivity index (χ0n) is 79.9. The summed E-state index contributed by atoms with van der Waals surface area (Å²) in [7, 11) is 0. The third-order valence-electron chi connectivity index (χ3n) is 17.6. The smallest absolute Gasteiger partial charge is 0.106 e. The zero-order valence-corrected chi connectivity index (χ0v) is 81.6. The van der Waals surface area contributed by atoms with Crippen molar-refractivity contribution in [3.05, 3.63) is 363 Å². The highest BCUT2D eigenvalue weighted by Crippen LogP contribution is 2.16. The van der Waals surface area contributed by atoms with Crippen LogP contribution in [0.2, 0.25) is 0 Å². The lowest BCUT2D eigenvalue weighted by Gasteiger charge is -2.06. The predicted octanol–water partition coefficient (Wildman–Crippen LogP) is 27.2. The van der Waals surface area contributed by atoms with Crippen molar-refractivity contribution >= 4 is 22.7 Å². The van der Waals surface area contributed by atoms with Gasteiger partial charge in [0.1, 0.15) is 5.01 Å². The first-order chi connectivity index (χ1) is 59.0. The van der Waals surface area contributed by atoms with Gasteiger partial charge in [0.15, 0.2) is 0 Å². The van der Waals surface area contributed by atoms with Gasteiger partial charge >= 0.3 is 0 Å². The van der Waals surface area contributed by atoms with Gasteiger partial charge in [0.25, 0.3) is 0 Å². The number of thiophene rings is 1. The van der Waals surface area contributed by atoms with Gasteiger partial charge in [-0.1, -0.05) is 336 Å². The lowest BCUT2D eigenvalue weighted by atomic mass is 10.0. The number of nitrogens with zero attached hydrogens (tertiary/aromatic N) is 7. The molecule has 4 aromatic carbocycles. The van der Waals surface area contributed by atoms with Crippen molar-refractivity contribution < 1.29 is 0 Å². The molecule has 0 fully saturated rings. The molecule has 123 heavy (non-hydrogen) atoms. The van der Waals surface area contributed by atoms with Crippen LogP contribution in [0.4, 0.5) is 0 Å². The number of hydrogen-bond acceptors (Lipinski definition) is 15. The van der Waals surface area contributed by atoms with E-state index in [1.165, 1.54) is 75.1 Å². The van der Waals surface area contributed by atoms with E-state index in [2.05, 4.69) is 372 Å². The normalized spacial score (nSPS) is 10.4. The molecule has 0 saturated carbocycles. The van der Waals surface area contributed by atoms with E-state index in [1.54, 1.807) is 35.1 Å². The molecule has 0 radical (unpaired) electrons. The summed E-state index contributed by atoms with van der Waals surface area (Å²) in [6.07, 6.45) is 26.6. The molecular weight excluding hydrogens is 1540 g/mol. The molecule has 12 rings (SSSR count). The lowest BCUT2D eigenvalue weighted by Crippen LogP contribution is -2.22. The van der Waals surface area contributed by atoms with Gasteiger partial charge in [-0.3, -0.25) is 29.9 Å². The molecule has 0 saturated heterocycles. The molecule has 0 bridgehead atoms. The Morgan fingerprint density at radius 2 is 0.626 bits per heavy atom. The molecule has 12 aromatic rings. The summed E-state index contributed by atoms with van der Waals surface area (Å²) in [5, 5.41) is 25.3. The number of thiazole rings is 1. The minimum Gasteiger partial charge on any atom is -0.310 e. The molecule has 0 spiro atoms. The van der Waals surface area contributed by atoms with E-state index in [-0.39, 0.29) is 0 Å². The fourth-order valence-electron chi connectivity index (χ4n) is 10.2. The van der Waals surface area contributed by atoms with Crippen LogP contribution in [0.3, 0.4) is 0 Å². The van der Waals surface area contributed by atoms with Crippen LogP contribution in [0.1, 0.15) is 275 Å². The molecule has 670 valence electrons. The molecule has 0 unspecified atom stereocenters. The molecule has 8 aromatic heterocycles. The Labute approximate surface area is 756 Å². The summed E-state index contributed by atoms with van der Waals surface area (Å²) < 4.78 is 0. The van der Waals surface area contributed by atoms with Gasteiger partial charge in [-0.2, -0.15) is 0 Å². The molecule has 13 nitrogen and oxygen atoms in total. The van der Waals surface area contributed by atoms with Crippen molar-refractivity contribution in [1.82, 2.24) is 66.8 Å². The van der Waals surface area contributed by atoms with E-state index >= 15 is 0 Å². The summed E-state index contributed by atoms with van der Waals surface area (Å²) >= 11 is 3.49. The predicted molar refractivity (Wildman–Crippen MR) is 537 cm³/mol.